The van der Waals surface area contributed by atoms with Gasteiger partial charge in [0, 0.05) is 4.70 Å². The molecule has 0 radical (unpaired) electrons. The predicted molar refractivity (Wildman–Crippen MR) is 89.6 cm³/mol. The van der Waals surface area contributed by atoms with E-state index < -0.39 is 0 Å². The Balaban J connectivity index is 1.93. The standard InChI is InChI=1S/C18H25NS/c1-3-19-12-15-8-7-13(2)11-17(15)16-6-4-5-14-9-10-20-18(14)16/h4-6,9-10,13,15,17,19H,3,7-8,11-12H2,1-2H3. The zero-order valence-corrected chi connectivity index (χ0v) is 13.4. The lowest BCUT2D eigenvalue weighted by Crippen LogP contribution is -2.31. The first-order valence-electron chi connectivity index (χ1n) is 7.96. The molecule has 2 heteroatoms. The van der Waals surface area contributed by atoms with Gasteiger partial charge in [-0.05, 0) is 66.1 Å². The van der Waals surface area contributed by atoms with E-state index in [4.69, 9.17) is 0 Å². The van der Waals surface area contributed by atoms with Gasteiger partial charge in [0.2, 0.25) is 0 Å². The van der Waals surface area contributed by atoms with Gasteiger partial charge in [0.05, 0.1) is 0 Å². The fourth-order valence-corrected chi connectivity index (χ4v) is 4.69. The van der Waals surface area contributed by atoms with Crippen LogP contribution in [-0.2, 0) is 0 Å². The molecule has 0 saturated heterocycles. The van der Waals surface area contributed by atoms with Crippen molar-refractivity contribution in [3.8, 4) is 0 Å². The molecule has 0 bridgehead atoms. The first-order chi connectivity index (χ1) is 9.79. The highest BCUT2D eigenvalue weighted by atomic mass is 32.1. The Labute approximate surface area is 126 Å². The Kier molecular flexibility index (Phi) is 4.42. The van der Waals surface area contributed by atoms with Crippen LogP contribution < -0.4 is 5.32 Å². The van der Waals surface area contributed by atoms with Gasteiger partial charge in [-0.25, -0.2) is 0 Å². The largest absolute Gasteiger partial charge is 0.317 e. The van der Waals surface area contributed by atoms with E-state index in [1.165, 1.54) is 35.9 Å². The maximum absolute atomic E-state index is 3.58. The Morgan fingerprint density at radius 2 is 2.15 bits per heavy atom. The van der Waals surface area contributed by atoms with Gasteiger partial charge in [-0.3, -0.25) is 0 Å². The Morgan fingerprint density at radius 3 is 3.00 bits per heavy atom. The number of nitrogens with one attached hydrogen (secondary N) is 1. The molecule has 1 nitrogen and oxygen atoms in total. The van der Waals surface area contributed by atoms with E-state index in [-0.39, 0.29) is 0 Å². The molecule has 1 aliphatic rings. The molecule has 108 valence electrons. The van der Waals surface area contributed by atoms with Crippen molar-refractivity contribution in [1.82, 2.24) is 5.32 Å². The zero-order valence-electron chi connectivity index (χ0n) is 12.6. The molecule has 0 spiro atoms. The maximum atomic E-state index is 3.58. The average molecular weight is 287 g/mol. The fourth-order valence-electron chi connectivity index (χ4n) is 3.71. The van der Waals surface area contributed by atoms with E-state index in [1.54, 1.807) is 5.56 Å². The fraction of sp³-hybridized carbons (Fsp3) is 0.556. The van der Waals surface area contributed by atoms with Gasteiger partial charge in [0.15, 0.2) is 0 Å². The van der Waals surface area contributed by atoms with Crippen LogP contribution in [-0.4, -0.2) is 13.1 Å². The SMILES string of the molecule is CCNCC1CCC(C)CC1c1cccc2ccsc12. The molecule has 1 aromatic heterocycles. The number of benzene rings is 1. The third-order valence-corrected chi connectivity index (χ3v) is 5.80. The Bertz CT molecular complexity index is 557. The minimum absolute atomic E-state index is 0.736. The van der Waals surface area contributed by atoms with Crippen LogP contribution >= 0.6 is 11.3 Å². The molecular weight excluding hydrogens is 262 g/mol. The van der Waals surface area contributed by atoms with Gasteiger partial charge in [-0.2, -0.15) is 0 Å². The van der Waals surface area contributed by atoms with Crippen molar-refractivity contribution >= 4 is 21.4 Å². The van der Waals surface area contributed by atoms with Crippen molar-refractivity contribution in [2.45, 2.75) is 39.0 Å². The van der Waals surface area contributed by atoms with E-state index in [0.717, 1.165) is 24.3 Å². The van der Waals surface area contributed by atoms with E-state index in [2.05, 4.69) is 48.8 Å². The molecule has 1 fully saturated rings. The molecule has 0 amide bonds. The second-order valence-corrected chi connectivity index (χ2v) is 7.19. The van der Waals surface area contributed by atoms with Gasteiger partial charge in [0.1, 0.15) is 0 Å². The van der Waals surface area contributed by atoms with Crippen molar-refractivity contribution in [2.24, 2.45) is 11.8 Å². The van der Waals surface area contributed by atoms with Crippen LogP contribution in [0.5, 0.6) is 0 Å². The summed E-state index contributed by atoms with van der Waals surface area (Å²) >= 11 is 1.91. The summed E-state index contributed by atoms with van der Waals surface area (Å²) in [5.74, 6) is 2.41. The lowest BCUT2D eigenvalue weighted by Gasteiger charge is -2.35. The van der Waals surface area contributed by atoms with E-state index >= 15 is 0 Å². The molecule has 1 N–H and O–H groups in total. The molecule has 1 aromatic carbocycles. The van der Waals surface area contributed by atoms with Crippen molar-refractivity contribution in [3.05, 3.63) is 35.2 Å². The molecular formula is C18H25NS. The third-order valence-electron chi connectivity index (χ3n) is 4.82. The first kappa shape index (κ1) is 14.1. The highest BCUT2D eigenvalue weighted by molar-refractivity contribution is 7.17. The molecule has 2 aromatic rings. The zero-order chi connectivity index (χ0) is 13.9. The summed E-state index contributed by atoms with van der Waals surface area (Å²) in [6, 6.07) is 9.13. The average Bonchev–Trinajstić information content (AvgIpc) is 2.94. The maximum Gasteiger partial charge on any atom is 0.0377 e. The second-order valence-electron chi connectivity index (χ2n) is 6.28. The van der Waals surface area contributed by atoms with Crippen LogP contribution in [0, 0.1) is 11.8 Å². The van der Waals surface area contributed by atoms with Gasteiger partial charge >= 0.3 is 0 Å². The minimum Gasteiger partial charge on any atom is -0.317 e. The number of rotatable bonds is 4. The number of fused-ring (bicyclic) bond motifs is 1. The van der Waals surface area contributed by atoms with E-state index in [9.17, 15) is 0 Å². The van der Waals surface area contributed by atoms with Gasteiger partial charge < -0.3 is 5.32 Å². The summed E-state index contributed by atoms with van der Waals surface area (Å²) in [5, 5.41) is 7.24. The Hall–Kier alpha value is -0.860. The summed E-state index contributed by atoms with van der Waals surface area (Å²) in [6.07, 6.45) is 4.13. The monoisotopic (exact) mass is 287 g/mol. The summed E-state index contributed by atoms with van der Waals surface area (Å²) in [6.45, 7) is 6.89. The van der Waals surface area contributed by atoms with Crippen LogP contribution in [0.3, 0.4) is 0 Å². The minimum atomic E-state index is 0.736. The highest BCUT2D eigenvalue weighted by Crippen LogP contribution is 2.43. The van der Waals surface area contributed by atoms with Crippen LogP contribution in [0.2, 0.25) is 0 Å². The van der Waals surface area contributed by atoms with Crippen LogP contribution in [0.4, 0.5) is 0 Å². The Morgan fingerprint density at radius 1 is 1.25 bits per heavy atom. The number of thiophene rings is 1. The molecule has 3 rings (SSSR count). The third kappa shape index (κ3) is 2.77. The number of hydrogen-bond acceptors (Lipinski definition) is 2. The van der Waals surface area contributed by atoms with Crippen LogP contribution in [0.1, 0.15) is 44.6 Å². The molecule has 1 aliphatic carbocycles. The van der Waals surface area contributed by atoms with Crippen molar-refractivity contribution in [3.63, 3.8) is 0 Å². The molecule has 1 saturated carbocycles. The van der Waals surface area contributed by atoms with E-state index in [1.807, 2.05) is 11.3 Å². The quantitative estimate of drug-likeness (QED) is 0.831. The van der Waals surface area contributed by atoms with Gasteiger partial charge in [-0.15, -0.1) is 11.3 Å². The smallest absolute Gasteiger partial charge is 0.0377 e. The summed E-state index contributed by atoms with van der Waals surface area (Å²) in [4.78, 5) is 0. The first-order valence-corrected chi connectivity index (χ1v) is 8.84. The summed E-state index contributed by atoms with van der Waals surface area (Å²) in [7, 11) is 0. The topological polar surface area (TPSA) is 12.0 Å². The molecule has 3 atom stereocenters. The van der Waals surface area contributed by atoms with Crippen LogP contribution in [0.15, 0.2) is 29.6 Å². The second kappa shape index (κ2) is 6.28. The van der Waals surface area contributed by atoms with Crippen molar-refractivity contribution in [2.75, 3.05) is 13.1 Å². The van der Waals surface area contributed by atoms with Crippen LogP contribution in [0.25, 0.3) is 10.1 Å². The molecule has 0 aliphatic heterocycles. The highest BCUT2D eigenvalue weighted by Gasteiger charge is 2.30. The molecule has 20 heavy (non-hydrogen) atoms. The van der Waals surface area contributed by atoms with Gasteiger partial charge in [0.25, 0.3) is 0 Å². The summed E-state index contributed by atoms with van der Waals surface area (Å²) in [5.41, 5.74) is 1.60. The van der Waals surface area contributed by atoms with Crippen molar-refractivity contribution in [1.29, 1.82) is 0 Å². The number of hydrogen-bond donors (Lipinski definition) is 1. The molecule has 3 unspecified atom stereocenters. The summed E-state index contributed by atoms with van der Waals surface area (Å²) < 4.78 is 1.52. The molecule has 1 heterocycles. The lowest BCUT2D eigenvalue weighted by molar-refractivity contribution is 0.244. The van der Waals surface area contributed by atoms with E-state index in [0.29, 0.717) is 0 Å². The normalized spacial score (nSPS) is 27.0. The lowest BCUT2D eigenvalue weighted by atomic mass is 9.71. The van der Waals surface area contributed by atoms with Crippen molar-refractivity contribution < 1.29 is 0 Å². The van der Waals surface area contributed by atoms with Gasteiger partial charge in [-0.1, -0.05) is 38.5 Å². The predicted octanol–water partition coefficient (Wildman–Crippen LogP) is 5.03.